The van der Waals surface area contributed by atoms with Crippen LogP contribution >= 0.6 is 15.9 Å². The smallest absolute Gasteiger partial charge is 0.355 e. The van der Waals surface area contributed by atoms with E-state index in [2.05, 4.69) is 46.2 Å². The van der Waals surface area contributed by atoms with Crippen molar-refractivity contribution in [3.05, 3.63) is 34.3 Å². The highest BCUT2D eigenvalue weighted by Gasteiger charge is 2.21. The van der Waals surface area contributed by atoms with Gasteiger partial charge in [-0.2, -0.15) is 0 Å². The van der Waals surface area contributed by atoms with E-state index in [1.54, 1.807) is 19.3 Å². The second-order valence-electron chi connectivity index (χ2n) is 4.99. The molecular weight excluding hydrogens is 376 g/mol. The zero-order valence-corrected chi connectivity index (χ0v) is 14.1. The fraction of sp³-hybridized carbons (Fsp3) is 0.133. The van der Waals surface area contributed by atoms with Crippen LogP contribution in [0.5, 0.6) is 0 Å². The number of hydrogen-bond acceptors (Lipinski definition) is 7. The lowest BCUT2D eigenvalue weighted by molar-refractivity contribution is 0.0519. The van der Waals surface area contributed by atoms with E-state index < -0.39 is 5.97 Å². The van der Waals surface area contributed by atoms with Crippen molar-refractivity contribution in [2.75, 3.05) is 11.9 Å². The van der Waals surface area contributed by atoms with Crippen molar-refractivity contribution >= 4 is 56.5 Å². The predicted octanol–water partition coefficient (Wildman–Crippen LogP) is 3.10. The van der Waals surface area contributed by atoms with E-state index in [1.807, 2.05) is 6.07 Å². The van der Waals surface area contributed by atoms with Crippen LogP contribution in [-0.4, -0.2) is 38.7 Å². The van der Waals surface area contributed by atoms with Crippen LogP contribution in [0.15, 0.2) is 28.1 Å². The summed E-state index contributed by atoms with van der Waals surface area (Å²) in [6.07, 6.45) is 4.86. The summed E-state index contributed by atoms with van der Waals surface area (Å²) in [5, 5.41) is 3.80. The molecule has 0 amide bonds. The number of aromatic nitrogens is 4. The Bertz CT molecular complexity index is 997. The molecule has 1 aliphatic heterocycles. The molecule has 0 aliphatic carbocycles. The molecule has 1 aliphatic rings. The Balaban J connectivity index is 1.75. The minimum atomic E-state index is -0.455. The first-order chi connectivity index (χ1) is 11.7. The van der Waals surface area contributed by atoms with Crippen molar-refractivity contribution in [1.29, 1.82) is 0 Å². The van der Waals surface area contributed by atoms with Crippen LogP contribution in [0.4, 0.5) is 17.3 Å². The number of esters is 1. The van der Waals surface area contributed by atoms with Crippen molar-refractivity contribution in [2.45, 2.75) is 6.92 Å². The van der Waals surface area contributed by atoms with Gasteiger partial charge in [0.2, 0.25) is 0 Å². The molecule has 0 radical (unpaired) electrons. The quantitative estimate of drug-likeness (QED) is 0.522. The number of pyridine rings is 1. The summed E-state index contributed by atoms with van der Waals surface area (Å²) >= 11 is 3.43. The highest BCUT2D eigenvalue weighted by molar-refractivity contribution is 9.10. The maximum absolute atomic E-state index is 12.0. The minimum Gasteiger partial charge on any atom is -0.461 e. The standard InChI is InChI=1S/C15H11BrN6O2/c1-2-24-15(23)12-11(16)10-13(19-6-20-14(10)22-12)21-9-3-7-4-17-8(7)5-18-9/h3-6H,2H2,1H3,(H2,18,19,20,21,22). The third-order valence-corrected chi connectivity index (χ3v) is 4.31. The second-order valence-corrected chi connectivity index (χ2v) is 5.78. The summed E-state index contributed by atoms with van der Waals surface area (Å²) in [4.78, 5) is 31.8. The molecule has 0 aromatic carbocycles. The molecule has 0 saturated carbocycles. The largest absolute Gasteiger partial charge is 0.461 e. The van der Waals surface area contributed by atoms with E-state index in [-0.39, 0.29) is 6.61 Å². The number of fused-ring (bicyclic) bond motifs is 2. The lowest BCUT2D eigenvalue weighted by Gasteiger charge is -2.11. The van der Waals surface area contributed by atoms with Crippen molar-refractivity contribution in [3.63, 3.8) is 0 Å². The monoisotopic (exact) mass is 386 g/mol. The first-order valence-electron chi connectivity index (χ1n) is 7.17. The van der Waals surface area contributed by atoms with Crippen molar-refractivity contribution in [3.8, 4) is 0 Å². The first kappa shape index (κ1) is 14.8. The average molecular weight is 387 g/mol. The van der Waals surface area contributed by atoms with Gasteiger partial charge in [0.25, 0.3) is 0 Å². The summed E-state index contributed by atoms with van der Waals surface area (Å²) in [7, 11) is 0. The maximum Gasteiger partial charge on any atom is 0.355 e. The number of aromatic amines is 1. The number of carbonyl (C=O) groups is 1. The number of nitrogens with zero attached hydrogens (tertiary/aromatic N) is 4. The van der Waals surface area contributed by atoms with Crippen LogP contribution in [0.25, 0.3) is 11.0 Å². The third kappa shape index (κ3) is 2.33. The van der Waals surface area contributed by atoms with Crippen LogP contribution in [0.2, 0.25) is 0 Å². The Morgan fingerprint density at radius 3 is 2.96 bits per heavy atom. The van der Waals surface area contributed by atoms with Crippen LogP contribution in [-0.2, 0) is 4.74 Å². The molecule has 120 valence electrons. The van der Waals surface area contributed by atoms with Gasteiger partial charge in [-0.05, 0) is 28.9 Å². The van der Waals surface area contributed by atoms with Crippen LogP contribution < -0.4 is 5.32 Å². The zero-order chi connectivity index (χ0) is 16.7. The number of hydrogen-bond donors (Lipinski definition) is 2. The van der Waals surface area contributed by atoms with Gasteiger partial charge in [-0.25, -0.2) is 19.7 Å². The van der Waals surface area contributed by atoms with Gasteiger partial charge in [0, 0.05) is 11.8 Å². The fourth-order valence-electron chi connectivity index (χ4n) is 2.36. The van der Waals surface area contributed by atoms with Crippen LogP contribution in [0.3, 0.4) is 0 Å². The summed E-state index contributed by atoms with van der Waals surface area (Å²) in [6, 6.07) is 1.88. The van der Waals surface area contributed by atoms with Crippen molar-refractivity contribution in [1.82, 2.24) is 19.9 Å². The summed E-state index contributed by atoms with van der Waals surface area (Å²) in [5.41, 5.74) is 2.69. The van der Waals surface area contributed by atoms with E-state index in [4.69, 9.17) is 4.74 Å². The number of aliphatic imine (C=N–C) groups is 1. The second kappa shape index (κ2) is 5.68. The number of carbonyl (C=O) groups excluding carboxylic acids is 1. The summed E-state index contributed by atoms with van der Waals surface area (Å²) in [6.45, 7) is 2.04. The van der Waals surface area contributed by atoms with E-state index in [0.29, 0.717) is 32.8 Å². The number of ether oxygens (including phenoxy) is 1. The van der Waals surface area contributed by atoms with Gasteiger partial charge < -0.3 is 15.0 Å². The molecule has 3 aromatic rings. The molecule has 4 rings (SSSR count). The molecule has 0 bridgehead atoms. The molecule has 0 atom stereocenters. The average Bonchev–Trinajstić information content (AvgIpc) is 2.89. The summed E-state index contributed by atoms with van der Waals surface area (Å²) in [5.74, 6) is 0.705. The maximum atomic E-state index is 12.0. The summed E-state index contributed by atoms with van der Waals surface area (Å²) < 4.78 is 5.58. The fourth-order valence-corrected chi connectivity index (χ4v) is 3.00. The van der Waals surface area contributed by atoms with Gasteiger partial charge in [0.05, 0.1) is 28.4 Å². The molecule has 0 unspecified atom stereocenters. The SMILES string of the molecule is CCOC(=O)c1[nH]c2ncnc(Nc3cc4c(cn3)N=C4)c2c1Br. The van der Waals surface area contributed by atoms with E-state index in [0.717, 1.165) is 11.3 Å². The molecule has 8 nitrogen and oxygen atoms in total. The lowest BCUT2D eigenvalue weighted by atomic mass is 10.2. The number of anilines is 2. The molecule has 9 heteroatoms. The van der Waals surface area contributed by atoms with Crippen molar-refractivity contribution < 1.29 is 9.53 Å². The number of rotatable bonds is 4. The molecule has 2 N–H and O–H groups in total. The Morgan fingerprint density at radius 1 is 1.38 bits per heavy atom. The van der Waals surface area contributed by atoms with Crippen LogP contribution in [0, 0.1) is 0 Å². The van der Waals surface area contributed by atoms with E-state index in [9.17, 15) is 4.79 Å². The number of nitrogens with one attached hydrogen (secondary N) is 2. The zero-order valence-electron chi connectivity index (χ0n) is 12.5. The molecule has 0 spiro atoms. The molecular formula is C15H11BrN6O2. The van der Waals surface area contributed by atoms with Gasteiger partial charge in [0.15, 0.2) is 0 Å². The lowest BCUT2D eigenvalue weighted by Crippen LogP contribution is -2.05. The Kier molecular flexibility index (Phi) is 3.49. The number of H-pyrrole nitrogens is 1. The highest BCUT2D eigenvalue weighted by Crippen LogP contribution is 2.33. The molecule has 3 aromatic heterocycles. The third-order valence-electron chi connectivity index (χ3n) is 3.51. The van der Waals surface area contributed by atoms with Gasteiger partial charge in [-0.1, -0.05) is 0 Å². The van der Waals surface area contributed by atoms with E-state index in [1.165, 1.54) is 6.33 Å². The van der Waals surface area contributed by atoms with Gasteiger partial charge in [0.1, 0.15) is 29.3 Å². The normalized spacial score (nSPS) is 11.9. The number of halogens is 1. The Hall–Kier alpha value is -2.81. The minimum absolute atomic E-state index is 0.290. The molecule has 4 heterocycles. The predicted molar refractivity (Wildman–Crippen MR) is 92.3 cm³/mol. The van der Waals surface area contributed by atoms with Gasteiger partial charge >= 0.3 is 5.97 Å². The molecule has 24 heavy (non-hydrogen) atoms. The highest BCUT2D eigenvalue weighted by atomic mass is 79.9. The van der Waals surface area contributed by atoms with E-state index >= 15 is 0 Å². The molecule has 0 fully saturated rings. The Labute approximate surface area is 144 Å². The molecule has 0 saturated heterocycles. The Morgan fingerprint density at radius 2 is 2.25 bits per heavy atom. The van der Waals surface area contributed by atoms with Crippen molar-refractivity contribution in [2.24, 2.45) is 4.99 Å². The van der Waals surface area contributed by atoms with Crippen LogP contribution in [0.1, 0.15) is 23.0 Å². The van der Waals surface area contributed by atoms with Gasteiger partial charge in [-0.15, -0.1) is 0 Å². The first-order valence-corrected chi connectivity index (χ1v) is 7.97. The topological polar surface area (TPSA) is 105 Å². The van der Waals surface area contributed by atoms with Gasteiger partial charge in [-0.3, -0.25) is 4.99 Å².